The summed E-state index contributed by atoms with van der Waals surface area (Å²) in [6, 6.07) is 9.65. The van der Waals surface area contributed by atoms with Gasteiger partial charge in [0.05, 0.1) is 12.9 Å². The largest absolute Gasteiger partial charge is 0.496 e. The first-order valence-electron chi connectivity index (χ1n) is 7.62. The first-order chi connectivity index (χ1) is 11.5. The van der Waals surface area contributed by atoms with Gasteiger partial charge in [-0.2, -0.15) is 0 Å². The summed E-state index contributed by atoms with van der Waals surface area (Å²) < 4.78 is 10.8. The highest BCUT2D eigenvalue weighted by Crippen LogP contribution is 2.30. The predicted octanol–water partition coefficient (Wildman–Crippen LogP) is 4.06. The van der Waals surface area contributed by atoms with E-state index in [4.69, 9.17) is 9.26 Å². The van der Waals surface area contributed by atoms with Gasteiger partial charge >= 0.3 is 0 Å². The van der Waals surface area contributed by atoms with Crippen LogP contribution in [0.25, 0.3) is 11.3 Å². The second kappa shape index (κ2) is 6.68. The van der Waals surface area contributed by atoms with Crippen molar-refractivity contribution < 1.29 is 9.26 Å². The Morgan fingerprint density at radius 2 is 2.04 bits per heavy atom. The quantitative estimate of drug-likeness (QED) is 0.703. The molecule has 3 aromatic rings. The Hall–Kier alpha value is -2.28. The van der Waals surface area contributed by atoms with Gasteiger partial charge in [0.1, 0.15) is 23.0 Å². The third-order valence-corrected chi connectivity index (χ3v) is 4.33. The van der Waals surface area contributed by atoms with Gasteiger partial charge in [-0.25, -0.2) is 4.98 Å². The second-order valence-corrected chi connectivity index (χ2v) is 7.33. The molecular formula is C17H20N4O2S. The van der Waals surface area contributed by atoms with Gasteiger partial charge < -0.3 is 9.26 Å². The Kier molecular flexibility index (Phi) is 4.62. The molecule has 7 heteroatoms. The lowest BCUT2D eigenvalue weighted by Crippen LogP contribution is -2.13. The number of rotatable bonds is 5. The number of hydrogen-bond acceptors (Lipinski definition) is 6. The maximum absolute atomic E-state index is 5.42. The summed E-state index contributed by atoms with van der Waals surface area (Å²) in [5, 5.41) is 12.1. The van der Waals surface area contributed by atoms with Crippen LogP contribution in [0, 0.1) is 0 Å². The number of aromatic nitrogens is 4. The predicted molar refractivity (Wildman–Crippen MR) is 93.1 cm³/mol. The smallest absolute Gasteiger partial charge is 0.208 e. The molecule has 1 aromatic carbocycles. The molecule has 126 valence electrons. The maximum Gasteiger partial charge on any atom is 0.208 e. The number of benzene rings is 1. The number of methoxy groups -OCH3 is 1. The molecule has 24 heavy (non-hydrogen) atoms. The van der Waals surface area contributed by atoms with E-state index in [0.717, 1.165) is 28.6 Å². The number of ether oxygens (including phenoxy) is 1. The normalized spacial score (nSPS) is 11.7. The Balaban J connectivity index is 1.69. The topological polar surface area (TPSA) is 76.8 Å². The van der Waals surface area contributed by atoms with Gasteiger partial charge in [0, 0.05) is 17.0 Å². The van der Waals surface area contributed by atoms with Gasteiger partial charge in [0.25, 0.3) is 0 Å². The van der Waals surface area contributed by atoms with Crippen molar-refractivity contribution in [1.82, 2.24) is 20.3 Å². The molecule has 0 aliphatic heterocycles. The molecule has 2 heterocycles. The molecule has 0 saturated heterocycles. The van der Waals surface area contributed by atoms with Crippen molar-refractivity contribution in [3.63, 3.8) is 0 Å². The van der Waals surface area contributed by atoms with E-state index in [2.05, 4.69) is 41.1 Å². The summed E-state index contributed by atoms with van der Waals surface area (Å²) in [6.45, 7) is 6.29. The molecule has 3 rings (SSSR count). The average molecular weight is 344 g/mol. The second-order valence-electron chi connectivity index (χ2n) is 6.38. The molecule has 0 saturated carbocycles. The van der Waals surface area contributed by atoms with Crippen LogP contribution in [-0.2, 0) is 11.2 Å². The SMILES string of the molecule is COc1ccccc1-c1cc(CSc2n[nH]c(C(C)(C)C)n2)on1. The average Bonchev–Trinajstić information content (AvgIpc) is 3.21. The molecule has 6 nitrogen and oxygen atoms in total. The fourth-order valence-corrected chi connectivity index (χ4v) is 2.82. The molecule has 0 amide bonds. The van der Waals surface area contributed by atoms with E-state index in [1.54, 1.807) is 7.11 Å². The van der Waals surface area contributed by atoms with Gasteiger partial charge in [0.2, 0.25) is 5.16 Å². The highest BCUT2D eigenvalue weighted by atomic mass is 32.2. The van der Waals surface area contributed by atoms with Gasteiger partial charge in [-0.3, -0.25) is 5.10 Å². The van der Waals surface area contributed by atoms with E-state index < -0.39 is 0 Å². The third-order valence-electron chi connectivity index (χ3n) is 3.46. The van der Waals surface area contributed by atoms with Crippen LogP contribution in [-0.4, -0.2) is 27.4 Å². The first-order valence-corrected chi connectivity index (χ1v) is 8.60. The standard InChI is InChI=1S/C17H20N4O2S/c1-17(2,3)15-18-16(20-19-15)24-10-11-9-13(21-23-11)12-7-5-6-8-14(12)22-4/h5-9H,10H2,1-4H3,(H,18,19,20). The molecule has 0 aliphatic carbocycles. The van der Waals surface area contributed by atoms with Crippen LogP contribution in [0.5, 0.6) is 5.75 Å². The van der Waals surface area contributed by atoms with Crippen molar-refractivity contribution in [2.75, 3.05) is 7.11 Å². The summed E-state index contributed by atoms with van der Waals surface area (Å²) in [6.07, 6.45) is 0. The monoisotopic (exact) mass is 344 g/mol. The number of hydrogen-bond donors (Lipinski definition) is 1. The van der Waals surface area contributed by atoms with Crippen molar-refractivity contribution >= 4 is 11.8 Å². The zero-order chi connectivity index (χ0) is 17.2. The van der Waals surface area contributed by atoms with E-state index in [0.29, 0.717) is 10.9 Å². The van der Waals surface area contributed by atoms with Crippen molar-refractivity contribution in [1.29, 1.82) is 0 Å². The van der Waals surface area contributed by atoms with Crippen LogP contribution < -0.4 is 4.74 Å². The van der Waals surface area contributed by atoms with Crippen LogP contribution in [0.1, 0.15) is 32.4 Å². The van der Waals surface area contributed by atoms with E-state index in [9.17, 15) is 0 Å². The Bertz CT molecular complexity index is 820. The zero-order valence-electron chi connectivity index (χ0n) is 14.2. The Morgan fingerprint density at radius 1 is 1.25 bits per heavy atom. The van der Waals surface area contributed by atoms with Gasteiger partial charge in [-0.1, -0.05) is 49.8 Å². The van der Waals surface area contributed by atoms with E-state index in [-0.39, 0.29) is 5.41 Å². The van der Waals surface area contributed by atoms with Crippen LogP contribution in [0.2, 0.25) is 0 Å². The molecule has 0 atom stereocenters. The Morgan fingerprint density at radius 3 is 2.75 bits per heavy atom. The van der Waals surface area contributed by atoms with Crippen molar-refractivity contribution in [2.24, 2.45) is 0 Å². The minimum absolute atomic E-state index is 0.0465. The van der Waals surface area contributed by atoms with Crippen LogP contribution >= 0.6 is 11.8 Å². The summed E-state index contributed by atoms with van der Waals surface area (Å²) in [5.41, 5.74) is 1.62. The molecule has 0 radical (unpaired) electrons. The molecule has 0 aliphatic rings. The van der Waals surface area contributed by atoms with Gasteiger partial charge in [-0.15, -0.1) is 5.10 Å². The summed E-state index contributed by atoms with van der Waals surface area (Å²) in [4.78, 5) is 4.50. The summed E-state index contributed by atoms with van der Waals surface area (Å²) in [5.74, 6) is 3.03. The molecule has 0 fully saturated rings. The highest BCUT2D eigenvalue weighted by Gasteiger charge is 2.19. The molecule has 2 aromatic heterocycles. The lowest BCUT2D eigenvalue weighted by atomic mass is 9.96. The number of nitrogens with zero attached hydrogens (tertiary/aromatic N) is 3. The number of H-pyrrole nitrogens is 1. The zero-order valence-corrected chi connectivity index (χ0v) is 15.0. The van der Waals surface area contributed by atoms with E-state index in [1.165, 1.54) is 11.8 Å². The molecule has 0 unspecified atom stereocenters. The van der Waals surface area contributed by atoms with Crippen LogP contribution in [0.15, 0.2) is 40.0 Å². The minimum Gasteiger partial charge on any atom is -0.496 e. The lowest BCUT2D eigenvalue weighted by Gasteiger charge is -2.12. The number of nitrogens with one attached hydrogen (secondary N) is 1. The van der Waals surface area contributed by atoms with Gasteiger partial charge in [-0.05, 0) is 12.1 Å². The van der Waals surface area contributed by atoms with Crippen molar-refractivity contribution in [3.8, 4) is 17.0 Å². The molecule has 0 bridgehead atoms. The molecule has 1 N–H and O–H groups in total. The van der Waals surface area contributed by atoms with Crippen molar-refractivity contribution in [2.45, 2.75) is 37.1 Å². The maximum atomic E-state index is 5.42. The summed E-state index contributed by atoms with van der Waals surface area (Å²) >= 11 is 1.51. The summed E-state index contributed by atoms with van der Waals surface area (Å²) in [7, 11) is 1.64. The van der Waals surface area contributed by atoms with Gasteiger partial charge in [0.15, 0.2) is 0 Å². The van der Waals surface area contributed by atoms with Crippen molar-refractivity contribution in [3.05, 3.63) is 41.9 Å². The molecule has 0 spiro atoms. The van der Waals surface area contributed by atoms with E-state index >= 15 is 0 Å². The fraction of sp³-hybridized carbons (Fsp3) is 0.353. The molecular weight excluding hydrogens is 324 g/mol. The van der Waals surface area contributed by atoms with Crippen LogP contribution in [0.3, 0.4) is 0 Å². The van der Waals surface area contributed by atoms with E-state index in [1.807, 2.05) is 30.3 Å². The number of aromatic amines is 1. The number of para-hydroxylation sites is 1. The fourth-order valence-electron chi connectivity index (χ4n) is 2.15. The lowest BCUT2D eigenvalue weighted by molar-refractivity contribution is 0.395. The van der Waals surface area contributed by atoms with Crippen LogP contribution in [0.4, 0.5) is 0 Å². The highest BCUT2D eigenvalue weighted by molar-refractivity contribution is 7.98. The minimum atomic E-state index is -0.0465. The number of thioether (sulfide) groups is 1. The third kappa shape index (κ3) is 3.62. The Labute approximate surface area is 145 Å². The first kappa shape index (κ1) is 16.6.